The minimum absolute atomic E-state index is 0.138. The van der Waals surface area contributed by atoms with Crippen LogP contribution in [0.1, 0.15) is 6.92 Å². The van der Waals surface area contributed by atoms with Crippen LogP contribution in [0.25, 0.3) is 33.5 Å². The second-order valence-electron chi connectivity index (χ2n) is 7.01. The van der Waals surface area contributed by atoms with Crippen molar-refractivity contribution in [2.24, 2.45) is 10.9 Å². The number of rotatable bonds is 6. The van der Waals surface area contributed by atoms with Crippen LogP contribution in [0, 0.1) is 0 Å². The Morgan fingerprint density at radius 2 is 1.84 bits per heavy atom. The third-order valence-electron chi connectivity index (χ3n) is 4.96. The van der Waals surface area contributed by atoms with E-state index in [1.807, 2.05) is 0 Å². The van der Waals surface area contributed by atoms with Crippen molar-refractivity contribution in [3.63, 3.8) is 0 Å². The van der Waals surface area contributed by atoms with Gasteiger partial charge in [0.15, 0.2) is 15.8 Å². The predicted molar refractivity (Wildman–Crippen MR) is 116 cm³/mol. The number of nitrogens with zero attached hydrogens (tertiary/aromatic N) is 4. The molecular weight excluding hydrogens is 458 g/mol. The first-order valence-corrected chi connectivity index (χ1v) is 12.3. The van der Waals surface area contributed by atoms with Gasteiger partial charge in [0.1, 0.15) is 4.90 Å². The van der Waals surface area contributed by atoms with Crippen LogP contribution < -0.4 is 16.6 Å². The van der Waals surface area contributed by atoms with E-state index in [-0.39, 0.29) is 29.4 Å². The van der Waals surface area contributed by atoms with E-state index in [0.29, 0.717) is 16.6 Å². The summed E-state index contributed by atoms with van der Waals surface area (Å²) in [4.78, 5) is 5.99. The zero-order valence-corrected chi connectivity index (χ0v) is 18.3. The van der Waals surface area contributed by atoms with E-state index in [4.69, 9.17) is 16.6 Å². The van der Waals surface area contributed by atoms with Crippen LogP contribution >= 0.6 is 0 Å². The summed E-state index contributed by atoms with van der Waals surface area (Å²) in [5, 5.41) is 17.9. The number of fused-ring (bicyclic) bond motifs is 1. The molecule has 15 heteroatoms. The van der Waals surface area contributed by atoms with E-state index < -0.39 is 34.9 Å². The van der Waals surface area contributed by atoms with Gasteiger partial charge in [-0.3, -0.25) is 0 Å². The SMILES string of the molecule is C[C@H](CN)S(=O)(=O)c1ccc(-c2cccc3[nH]c(N)nc23)c(-c2nn[nH]n2)c1S(N)(=O)=O. The zero-order valence-electron chi connectivity index (χ0n) is 16.6. The van der Waals surface area contributed by atoms with Gasteiger partial charge in [0.2, 0.25) is 15.8 Å². The van der Waals surface area contributed by atoms with Crippen LogP contribution in [-0.2, 0) is 19.9 Å². The lowest BCUT2D eigenvalue weighted by Gasteiger charge is -2.18. The van der Waals surface area contributed by atoms with E-state index in [2.05, 4.69) is 30.6 Å². The molecule has 1 atom stereocenters. The van der Waals surface area contributed by atoms with Crippen LogP contribution in [0.4, 0.5) is 5.95 Å². The highest BCUT2D eigenvalue weighted by molar-refractivity contribution is 7.94. The van der Waals surface area contributed by atoms with Crippen molar-refractivity contribution in [2.45, 2.75) is 22.0 Å². The molecule has 0 bridgehead atoms. The van der Waals surface area contributed by atoms with Crippen molar-refractivity contribution < 1.29 is 16.8 Å². The molecule has 13 nitrogen and oxygen atoms in total. The number of sulfonamides is 1. The lowest BCUT2D eigenvalue weighted by Crippen LogP contribution is -2.29. The molecule has 2 aromatic heterocycles. The van der Waals surface area contributed by atoms with E-state index >= 15 is 0 Å². The average Bonchev–Trinajstić information content (AvgIpc) is 3.39. The normalized spacial score (nSPS) is 13.5. The van der Waals surface area contributed by atoms with Gasteiger partial charge in [0.05, 0.1) is 26.7 Å². The molecule has 8 N–H and O–H groups in total. The van der Waals surface area contributed by atoms with Gasteiger partial charge >= 0.3 is 0 Å². The largest absolute Gasteiger partial charge is 0.369 e. The summed E-state index contributed by atoms with van der Waals surface area (Å²) in [7, 11) is -8.75. The summed E-state index contributed by atoms with van der Waals surface area (Å²) in [6.45, 7) is 1.15. The van der Waals surface area contributed by atoms with Crippen LogP contribution in [0.15, 0.2) is 40.1 Å². The van der Waals surface area contributed by atoms with Gasteiger partial charge in [-0.15, -0.1) is 10.2 Å². The molecule has 2 heterocycles. The molecule has 0 amide bonds. The highest BCUT2D eigenvalue weighted by atomic mass is 32.2. The van der Waals surface area contributed by atoms with E-state index in [1.54, 1.807) is 18.2 Å². The van der Waals surface area contributed by atoms with Crippen molar-refractivity contribution in [1.82, 2.24) is 30.6 Å². The number of para-hydroxylation sites is 1. The van der Waals surface area contributed by atoms with Gasteiger partial charge in [0.25, 0.3) is 0 Å². The highest BCUT2D eigenvalue weighted by Crippen LogP contribution is 2.41. The number of primary sulfonamides is 1. The van der Waals surface area contributed by atoms with Crippen molar-refractivity contribution in [3.8, 4) is 22.5 Å². The summed E-state index contributed by atoms with van der Waals surface area (Å²) in [6, 6.07) is 7.72. The molecule has 4 rings (SSSR count). The van der Waals surface area contributed by atoms with Gasteiger partial charge in [-0.2, -0.15) is 5.21 Å². The van der Waals surface area contributed by atoms with Crippen molar-refractivity contribution in [3.05, 3.63) is 30.3 Å². The fourth-order valence-corrected chi connectivity index (χ4v) is 6.23. The first kappa shape index (κ1) is 21.8. The summed E-state index contributed by atoms with van der Waals surface area (Å²) in [6.07, 6.45) is 0. The summed E-state index contributed by atoms with van der Waals surface area (Å²) in [5.74, 6) is -0.0156. The Kier molecular flexibility index (Phi) is 5.20. The minimum Gasteiger partial charge on any atom is -0.369 e. The van der Waals surface area contributed by atoms with Crippen molar-refractivity contribution in [2.75, 3.05) is 12.3 Å². The number of nitrogen functional groups attached to an aromatic ring is 1. The Labute approximate surface area is 182 Å². The molecule has 2 aromatic carbocycles. The molecule has 32 heavy (non-hydrogen) atoms. The third kappa shape index (κ3) is 3.50. The average molecular weight is 478 g/mol. The number of nitrogens with one attached hydrogen (secondary N) is 2. The summed E-state index contributed by atoms with van der Waals surface area (Å²) in [5.41, 5.74) is 12.9. The molecule has 0 saturated heterocycles. The fourth-order valence-electron chi connectivity index (χ4n) is 3.40. The van der Waals surface area contributed by atoms with E-state index in [1.165, 1.54) is 19.1 Å². The predicted octanol–water partition coefficient (Wildman–Crippen LogP) is -0.239. The van der Waals surface area contributed by atoms with E-state index in [0.717, 1.165) is 0 Å². The maximum absolute atomic E-state index is 13.1. The van der Waals surface area contributed by atoms with E-state index in [9.17, 15) is 16.8 Å². The number of hydrogen-bond donors (Lipinski definition) is 5. The topological polar surface area (TPSA) is 229 Å². The maximum Gasteiger partial charge on any atom is 0.240 e. The highest BCUT2D eigenvalue weighted by Gasteiger charge is 2.34. The molecule has 168 valence electrons. The summed E-state index contributed by atoms with van der Waals surface area (Å²) < 4.78 is 51.7. The lowest BCUT2D eigenvalue weighted by molar-refractivity contribution is 0.575. The minimum atomic E-state index is -4.59. The molecule has 0 spiro atoms. The van der Waals surface area contributed by atoms with Crippen molar-refractivity contribution in [1.29, 1.82) is 0 Å². The lowest BCUT2D eigenvalue weighted by atomic mass is 9.98. The Morgan fingerprint density at radius 1 is 1.09 bits per heavy atom. The third-order valence-corrected chi connectivity index (χ3v) is 8.29. The molecule has 0 radical (unpaired) electrons. The Hall–Kier alpha value is -3.40. The molecule has 0 fully saturated rings. The van der Waals surface area contributed by atoms with Crippen LogP contribution in [-0.4, -0.2) is 59.2 Å². The maximum atomic E-state index is 13.1. The second kappa shape index (κ2) is 7.63. The molecule has 0 unspecified atom stereocenters. The Balaban J connectivity index is 2.19. The van der Waals surface area contributed by atoms with Crippen molar-refractivity contribution >= 4 is 36.8 Å². The number of hydrogen-bond acceptors (Lipinski definition) is 10. The number of anilines is 1. The zero-order chi connectivity index (χ0) is 23.3. The second-order valence-corrected chi connectivity index (χ2v) is 10.8. The van der Waals surface area contributed by atoms with Gasteiger partial charge < -0.3 is 16.5 Å². The number of benzene rings is 2. The van der Waals surface area contributed by atoms with Gasteiger partial charge in [-0.1, -0.05) is 18.2 Å². The molecule has 0 aliphatic rings. The number of aromatic nitrogens is 6. The quantitative estimate of drug-likeness (QED) is 0.244. The number of tetrazole rings is 1. The number of nitrogens with two attached hydrogens (primary N) is 3. The molecule has 0 saturated carbocycles. The smallest absolute Gasteiger partial charge is 0.240 e. The van der Waals surface area contributed by atoms with Gasteiger partial charge in [-0.05, 0) is 29.8 Å². The van der Waals surface area contributed by atoms with Crippen LogP contribution in [0.3, 0.4) is 0 Å². The number of sulfone groups is 1. The monoisotopic (exact) mass is 477 g/mol. The molecule has 0 aliphatic carbocycles. The van der Waals surface area contributed by atoms with Crippen LogP contribution in [0.5, 0.6) is 0 Å². The molecular formula is C17H19N9O4S2. The first-order chi connectivity index (χ1) is 15.1. The molecule has 0 aliphatic heterocycles. The first-order valence-electron chi connectivity index (χ1n) is 9.18. The number of H-pyrrole nitrogens is 2. The Morgan fingerprint density at radius 3 is 2.47 bits per heavy atom. The van der Waals surface area contributed by atoms with Gasteiger partial charge in [0, 0.05) is 12.1 Å². The molecule has 4 aromatic rings. The Bertz CT molecular complexity index is 1530. The summed E-state index contributed by atoms with van der Waals surface area (Å²) >= 11 is 0. The number of imidazole rings is 1. The van der Waals surface area contributed by atoms with Gasteiger partial charge in [-0.25, -0.2) is 27.0 Å². The fraction of sp³-hybridized carbons (Fsp3) is 0.176. The van der Waals surface area contributed by atoms with Crippen LogP contribution in [0.2, 0.25) is 0 Å². The standard InChI is InChI=1S/C17H19N9O4S2/c1-8(7-18)31(27,28)12-6-5-9(10-3-2-4-11-14(10)22-17(19)21-11)13(15(12)32(20,29)30)16-23-25-26-24-16/h2-6,8H,7,18H2,1H3,(H3,19,21,22)(H2,20,29,30)(H,23,24,25,26)/t8-/m1/s1. The number of aromatic amines is 2.